The van der Waals surface area contributed by atoms with E-state index in [9.17, 15) is 8.42 Å². The molecule has 0 spiro atoms. The first kappa shape index (κ1) is 11.5. The zero-order valence-corrected chi connectivity index (χ0v) is 8.77. The molecule has 4 heteroatoms. The normalized spacial score (nSPS) is 13.0. The number of sulfonamides is 1. The molecule has 0 N–H and O–H groups in total. The van der Waals surface area contributed by atoms with Crippen molar-refractivity contribution in [1.82, 2.24) is 4.31 Å². The van der Waals surface area contributed by atoms with Gasteiger partial charge in [-0.25, -0.2) is 8.42 Å². The standard InChI is InChI=1S/C8H15NO2S/c1-6-7-9(5)12(10,11)8(2,3)4/h1H,7H2,2-5H3. The molecule has 0 aliphatic carbocycles. The third-order valence-electron chi connectivity index (χ3n) is 1.50. The lowest BCUT2D eigenvalue weighted by Gasteiger charge is -2.25. The van der Waals surface area contributed by atoms with Crippen LogP contribution in [0.2, 0.25) is 0 Å². The van der Waals surface area contributed by atoms with Crippen LogP contribution >= 0.6 is 0 Å². The Morgan fingerprint density at radius 1 is 1.42 bits per heavy atom. The summed E-state index contributed by atoms with van der Waals surface area (Å²) in [5.41, 5.74) is 0. The molecule has 0 fully saturated rings. The van der Waals surface area contributed by atoms with E-state index in [2.05, 4.69) is 5.92 Å². The van der Waals surface area contributed by atoms with Gasteiger partial charge >= 0.3 is 0 Å². The topological polar surface area (TPSA) is 37.4 Å². The summed E-state index contributed by atoms with van der Waals surface area (Å²) < 4.78 is 23.6. The maximum absolute atomic E-state index is 11.6. The van der Waals surface area contributed by atoms with Crippen LogP contribution in [0, 0.1) is 12.3 Å². The van der Waals surface area contributed by atoms with Crippen molar-refractivity contribution in [2.24, 2.45) is 0 Å². The first-order valence-electron chi connectivity index (χ1n) is 3.63. The lowest BCUT2D eigenvalue weighted by atomic mass is 10.3. The average Bonchev–Trinajstić information content (AvgIpc) is 1.85. The highest BCUT2D eigenvalue weighted by molar-refractivity contribution is 7.90. The molecule has 0 atom stereocenters. The van der Waals surface area contributed by atoms with Gasteiger partial charge in [0.1, 0.15) is 0 Å². The van der Waals surface area contributed by atoms with Crippen LogP contribution in [0.4, 0.5) is 0 Å². The van der Waals surface area contributed by atoms with Gasteiger partial charge in [-0.3, -0.25) is 0 Å². The van der Waals surface area contributed by atoms with Crippen molar-refractivity contribution in [3.05, 3.63) is 0 Å². The van der Waals surface area contributed by atoms with Gasteiger partial charge in [-0.2, -0.15) is 4.31 Å². The molecular weight excluding hydrogens is 174 g/mol. The largest absolute Gasteiger partial charge is 0.219 e. The molecule has 0 aromatic carbocycles. The second-order valence-corrected chi connectivity index (χ2v) is 6.38. The zero-order valence-electron chi connectivity index (χ0n) is 7.96. The van der Waals surface area contributed by atoms with Gasteiger partial charge in [-0.1, -0.05) is 5.92 Å². The Morgan fingerprint density at radius 2 is 1.83 bits per heavy atom. The Balaban J connectivity index is 4.79. The van der Waals surface area contributed by atoms with E-state index < -0.39 is 14.8 Å². The fourth-order valence-corrected chi connectivity index (χ4v) is 1.86. The number of nitrogens with zero attached hydrogens (tertiary/aromatic N) is 1. The highest BCUT2D eigenvalue weighted by Crippen LogP contribution is 2.17. The summed E-state index contributed by atoms with van der Waals surface area (Å²) in [5, 5.41) is 0. The Kier molecular flexibility index (Phi) is 3.31. The second-order valence-electron chi connectivity index (χ2n) is 3.58. The Bertz CT molecular complexity index is 279. The minimum absolute atomic E-state index is 0.125. The highest BCUT2D eigenvalue weighted by Gasteiger charge is 2.32. The molecule has 0 heterocycles. The lowest BCUT2D eigenvalue weighted by Crippen LogP contribution is -2.40. The predicted molar refractivity (Wildman–Crippen MR) is 50.1 cm³/mol. The predicted octanol–water partition coefficient (Wildman–Crippen LogP) is 0.680. The van der Waals surface area contributed by atoms with Gasteiger partial charge in [0.2, 0.25) is 10.0 Å². The fraction of sp³-hybridized carbons (Fsp3) is 0.750. The molecule has 0 aromatic rings. The first-order chi connectivity index (χ1) is 5.23. The van der Waals surface area contributed by atoms with Crippen LogP contribution in [0.15, 0.2) is 0 Å². The van der Waals surface area contributed by atoms with Gasteiger partial charge in [0.15, 0.2) is 0 Å². The van der Waals surface area contributed by atoms with Crippen LogP contribution < -0.4 is 0 Å². The minimum Gasteiger partial charge on any atom is -0.212 e. The fourth-order valence-electron chi connectivity index (χ4n) is 0.681. The van der Waals surface area contributed by atoms with E-state index >= 15 is 0 Å². The Labute approximate surface area is 74.8 Å². The van der Waals surface area contributed by atoms with Crippen LogP contribution in [0.3, 0.4) is 0 Å². The molecule has 0 aliphatic heterocycles. The summed E-state index contributed by atoms with van der Waals surface area (Å²) in [4.78, 5) is 0. The van der Waals surface area contributed by atoms with E-state index in [1.807, 2.05) is 0 Å². The second kappa shape index (κ2) is 3.46. The number of hydrogen-bond acceptors (Lipinski definition) is 2. The molecule has 0 rings (SSSR count). The summed E-state index contributed by atoms with van der Waals surface area (Å²) in [6.07, 6.45) is 5.01. The molecule has 70 valence electrons. The van der Waals surface area contributed by atoms with E-state index in [1.165, 1.54) is 11.4 Å². The minimum atomic E-state index is -3.25. The van der Waals surface area contributed by atoms with Crippen LogP contribution in [-0.4, -0.2) is 31.1 Å². The average molecular weight is 189 g/mol. The SMILES string of the molecule is C#CCN(C)S(=O)(=O)C(C)(C)C. The zero-order chi connectivity index (χ0) is 9.99. The van der Waals surface area contributed by atoms with Crippen LogP contribution in [-0.2, 0) is 10.0 Å². The smallest absolute Gasteiger partial charge is 0.212 e. The van der Waals surface area contributed by atoms with E-state index in [0.29, 0.717) is 0 Å². The van der Waals surface area contributed by atoms with Gasteiger partial charge in [-0.15, -0.1) is 6.42 Å². The van der Waals surface area contributed by atoms with Crippen molar-refractivity contribution in [2.45, 2.75) is 25.5 Å². The van der Waals surface area contributed by atoms with E-state index in [-0.39, 0.29) is 6.54 Å². The molecule has 0 saturated heterocycles. The van der Waals surface area contributed by atoms with Crippen molar-refractivity contribution in [1.29, 1.82) is 0 Å². The molecule has 12 heavy (non-hydrogen) atoms. The van der Waals surface area contributed by atoms with Crippen molar-refractivity contribution < 1.29 is 8.42 Å². The molecular formula is C8H15NO2S. The van der Waals surface area contributed by atoms with Crippen molar-refractivity contribution in [2.75, 3.05) is 13.6 Å². The molecule has 0 bridgehead atoms. The van der Waals surface area contributed by atoms with Crippen molar-refractivity contribution in [3.8, 4) is 12.3 Å². The third-order valence-corrected chi connectivity index (χ3v) is 4.00. The Hall–Kier alpha value is -0.530. The summed E-state index contributed by atoms with van der Waals surface area (Å²) in [5.74, 6) is 2.29. The third kappa shape index (κ3) is 2.23. The monoisotopic (exact) mass is 189 g/mol. The van der Waals surface area contributed by atoms with E-state index in [1.54, 1.807) is 20.8 Å². The van der Waals surface area contributed by atoms with Gasteiger partial charge in [0.05, 0.1) is 11.3 Å². The lowest BCUT2D eigenvalue weighted by molar-refractivity contribution is 0.472. The summed E-state index contributed by atoms with van der Waals surface area (Å²) in [7, 11) is -1.76. The van der Waals surface area contributed by atoms with E-state index in [0.717, 1.165) is 0 Å². The molecule has 3 nitrogen and oxygen atoms in total. The van der Waals surface area contributed by atoms with Crippen molar-refractivity contribution >= 4 is 10.0 Å². The molecule has 0 aromatic heterocycles. The maximum Gasteiger partial charge on any atom is 0.219 e. The first-order valence-corrected chi connectivity index (χ1v) is 5.07. The molecule has 0 radical (unpaired) electrons. The number of rotatable bonds is 2. The van der Waals surface area contributed by atoms with Crippen LogP contribution in [0.25, 0.3) is 0 Å². The summed E-state index contributed by atoms with van der Waals surface area (Å²) in [6, 6.07) is 0. The maximum atomic E-state index is 11.6. The van der Waals surface area contributed by atoms with Crippen LogP contribution in [0.5, 0.6) is 0 Å². The molecule has 0 amide bonds. The van der Waals surface area contributed by atoms with Crippen LogP contribution in [0.1, 0.15) is 20.8 Å². The molecule has 0 unspecified atom stereocenters. The summed E-state index contributed by atoms with van der Waals surface area (Å²) in [6.45, 7) is 5.07. The van der Waals surface area contributed by atoms with Crippen molar-refractivity contribution in [3.63, 3.8) is 0 Å². The van der Waals surface area contributed by atoms with Gasteiger partial charge in [-0.05, 0) is 20.8 Å². The van der Waals surface area contributed by atoms with Gasteiger partial charge in [0.25, 0.3) is 0 Å². The Morgan fingerprint density at radius 3 is 2.08 bits per heavy atom. The highest BCUT2D eigenvalue weighted by atomic mass is 32.2. The quantitative estimate of drug-likeness (QED) is 0.599. The van der Waals surface area contributed by atoms with Gasteiger partial charge in [0, 0.05) is 7.05 Å². The van der Waals surface area contributed by atoms with Gasteiger partial charge < -0.3 is 0 Å². The number of hydrogen-bond donors (Lipinski definition) is 0. The van der Waals surface area contributed by atoms with E-state index in [4.69, 9.17) is 6.42 Å². The summed E-state index contributed by atoms with van der Waals surface area (Å²) >= 11 is 0. The molecule has 0 aliphatic rings. The molecule has 0 saturated carbocycles. The number of terminal acetylenes is 1.